The molecule has 1 heterocycles. The van der Waals surface area contributed by atoms with Crippen LogP contribution in [0.25, 0.3) is 0 Å². The van der Waals surface area contributed by atoms with E-state index >= 15 is 0 Å². The highest BCUT2D eigenvalue weighted by Gasteiger charge is 2.53. The van der Waals surface area contributed by atoms with Crippen molar-refractivity contribution in [1.82, 2.24) is 0 Å². The number of nitrogens with one attached hydrogen (secondary N) is 1. The number of ether oxygens (including phenoxy) is 1. The molecule has 1 saturated heterocycles. The molecule has 0 spiro atoms. The Morgan fingerprint density at radius 2 is 2.10 bits per heavy atom. The lowest BCUT2D eigenvalue weighted by Crippen LogP contribution is -2.61. The quantitative estimate of drug-likeness (QED) is 0.865. The van der Waals surface area contributed by atoms with Gasteiger partial charge in [-0.05, 0) is 42.9 Å². The van der Waals surface area contributed by atoms with Gasteiger partial charge in [0.2, 0.25) is 0 Å². The van der Waals surface area contributed by atoms with Crippen LogP contribution in [0.2, 0.25) is 0 Å². The lowest BCUT2D eigenvalue weighted by Gasteiger charge is -2.48. The first-order valence-corrected chi connectivity index (χ1v) is 8.18. The average Bonchev–Trinajstić information content (AvgIpc) is 2.39. The Morgan fingerprint density at radius 3 is 2.67 bits per heavy atom. The third-order valence-corrected chi connectivity index (χ3v) is 5.41. The van der Waals surface area contributed by atoms with Gasteiger partial charge in [-0.2, -0.15) is 11.8 Å². The summed E-state index contributed by atoms with van der Waals surface area (Å²) >= 11 is 1.72. The number of anilines is 1. The van der Waals surface area contributed by atoms with E-state index in [1.165, 1.54) is 19.2 Å². The second-order valence-electron chi connectivity index (χ2n) is 6.23. The van der Waals surface area contributed by atoms with Crippen molar-refractivity contribution in [2.24, 2.45) is 5.41 Å². The number of rotatable bonds is 3. The van der Waals surface area contributed by atoms with Crippen LogP contribution in [0.5, 0.6) is 0 Å². The molecule has 0 radical (unpaired) electrons. The predicted molar refractivity (Wildman–Crippen MR) is 85.2 cm³/mol. The molecule has 116 valence electrons. The van der Waals surface area contributed by atoms with Crippen LogP contribution in [-0.2, 0) is 9.53 Å². The summed E-state index contributed by atoms with van der Waals surface area (Å²) in [7, 11) is 1.40. The van der Waals surface area contributed by atoms with E-state index in [1.54, 1.807) is 11.8 Å². The van der Waals surface area contributed by atoms with Gasteiger partial charge < -0.3 is 10.1 Å². The molecule has 0 bridgehead atoms. The summed E-state index contributed by atoms with van der Waals surface area (Å²) in [4.78, 5) is 12.5. The van der Waals surface area contributed by atoms with Crippen molar-refractivity contribution in [2.45, 2.75) is 32.7 Å². The molecule has 1 aliphatic heterocycles. The van der Waals surface area contributed by atoms with E-state index in [0.29, 0.717) is 11.4 Å². The molecular formula is C16H22FNO2S. The number of carbonyl (C=O) groups excluding carboxylic acids is 1. The second kappa shape index (κ2) is 5.87. The highest BCUT2D eigenvalue weighted by atomic mass is 32.2. The maximum atomic E-state index is 13.6. The van der Waals surface area contributed by atoms with Gasteiger partial charge in [-0.25, -0.2) is 9.18 Å². The third kappa shape index (κ3) is 3.03. The number of benzene rings is 1. The fourth-order valence-corrected chi connectivity index (χ4v) is 4.47. The van der Waals surface area contributed by atoms with Crippen LogP contribution >= 0.6 is 11.8 Å². The smallest absolute Gasteiger partial charge is 0.332 e. The normalized spacial score (nSPS) is 24.4. The lowest BCUT2D eigenvalue weighted by molar-refractivity contribution is -0.149. The number of carbonyl (C=O) groups is 1. The van der Waals surface area contributed by atoms with Gasteiger partial charge in [0.25, 0.3) is 0 Å². The van der Waals surface area contributed by atoms with E-state index < -0.39 is 5.54 Å². The van der Waals surface area contributed by atoms with Crippen molar-refractivity contribution < 1.29 is 13.9 Å². The molecule has 1 N–H and O–H groups in total. The van der Waals surface area contributed by atoms with Crippen molar-refractivity contribution in [1.29, 1.82) is 0 Å². The summed E-state index contributed by atoms with van der Waals surface area (Å²) in [5, 5.41) is 3.28. The van der Waals surface area contributed by atoms with E-state index in [1.807, 2.05) is 13.0 Å². The zero-order chi connectivity index (χ0) is 15.7. The van der Waals surface area contributed by atoms with Crippen LogP contribution in [0, 0.1) is 18.2 Å². The molecule has 1 atom stereocenters. The summed E-state index contributed by atoms with van der Waals surface area (Å²) in [5.41, 5.74) is 0.323. The Morgan fingerprint density at radius 1 is 1.38 bits per heavy atom. The van der Waals surface area contributed by atoms with Gasteiger partial charge in [-0.1, -0.05) is 13.8 Å². The highest BCUT2D eigenvalue weighted by Crippen LogP contribution is 2.45. The maximum Gasteiger partial charge on any atom is 0.332 e. The molecule has 3 nitrogen and oxygen atoms in total. The molecule has 2 rings (SSSR count). The number of aryl methyl sites for hydroxylation is 1. The zero-order valence-electron chi connectivity index (χ0n) is 13.0. The number of esters is 1. The minimum atomic E-state index is -0.842. The van der Waals surface area contributed by atoms with E-state index in [2.05, 4.69) is 19.2 Å². The van der Waals surface area contributed by atoms with E-state index in [-0.39, 0.29) is 17.2 Å². The fraction of sp³-hybridized carbons (Fsp3) is 0.562. The van der Waals surface area contributed by atoms with Gasteiger partial charge >= 0.3 is 5.97 Å². The van der Waals surface area contributed by atoms with Crippen LogP contribution in [0.1, 0.15) is 25.8 Å². The Balaban J connectivity index is 2.43. The van der Waals surface area contributed by atoms with Crippen molar-refractivity contribution >= 4 is 23.4 Å². The SMILES string of the molecule is COC(=O)C1(Nc2cc(C)cc(F)c2)CSCCC1(C)C. The van der Waals surface area contributed by atoms with Crippen LogP contribution in [-0.4, -0.2) is 30.1 Å². The summed E-state index contributed by atoms with van der Waals surface area (Å²) in [6.07, 6.45) is 0.897. The standard InChI is InChI=1S/C16H22FNO2S/c1-11-7-12(17)9-13(8-11)18-16(14(19)20-4)10-21-6-5-15(16,2)3/h7-9,18H,5-6,10H2,1-4H3. The van der Waals surface area contributed by atoms with Crippen molar-refractivity contribution in [3.8, 4) is 0 Å². The maximum absolute atomic E-state index is 13.6. The second-order valence-corrected chi connectivity index (χ2v) is 7.33. The van der Waals surface area contributed by atoms with Gasteiger partial charge in [-0.15, -0.1) is 0 Å². The summed E-state index contributed by atoms with van der Waals surface area (Å²) in [6.45, 7) is 5.95. The van der Waals surface area contributed by atoms with E-state index in [9.17, 15) is 9.18 Å². The molecule has 1 aromatic rings. The Labute approximate surface area is 129 Å². The number of halogens is 1. The van der Waals surface area contributed by atoms with Gasteiger partial charge in [0.1, 0.15) is 11.4 Å². The van der Waals surface area contributed by atoms with Crippen LogP contribution in [0.3, 0.4) is 0 Å². The van der Waals surface area contributed by atoms with Crippen LogP contribution in [0.15, 0.2) is 18.2 Å². The minimum absolute atomic E-state index is 0.272. The van der Waals surface area contributed by atoms with Gasteiger partial charge in [0, 0.05) is 16.9 Å². The Hall–Kier alpha value is -1.23. The van der Waals surface area contributed by atoms with Crippen LogP contribution in [0.4, 0.5) is 10.1 Å². The van der Waals surface area contributed by atoms with Gasteiger partial charge in [-0.3, -0.25) is 0 Å². The molecule has 0 aromatic heterocycles. The van der Waals surface area contributed by atoms with Crippen molar-refractivity contribution in [3.63, 3.8) is 0 Å². The minimum Gasteiger partial charge on any atom is -0.467 e. The van der Waals surface area contributed by atoms with Crippen LogP contribution < -0.4 is 5.32 Å². The summed E-state index contributed by atoms with van der Waals surface area (Å²) in [6, 6.07) is 4.74. The summed E-state index contributed by atoms with van der Waals surface area (Å²) in [5.74, 6) is 1.03. The molecular weight excluding hydrogens is 289 g/mol. The molecule has 5 heteroatoms. The van der Waals surface area contributed by atoms with E-state index in [0.717, 1.165) is 17.7 Å². The first-order valence-electron chi connectivity index (χ1n) is 7.02. The van der Waals surface area contributed by atoms with Gasteiger partial charge in [0.15, 0.2) is 0 Å². The molecule has 21 heavy (non-hydrogen) atoms. The third-order valence-electron chi connectivity index (χ3n) is 4.28. The molecule has 1 unspecified atom stereocenters. The predicted octanol–water partition coefficient (Wildman–Crippen LogP) is 3.62. The van der Waals surface area contributed by atoms with Crippen molar-refractivity contribution in [3.05, 3.63) is 29.6 Å². The first-order chi connectivity index (χ1) is 9.80. The Bertz CT molecular complexity index is 527. The topological polar surface area (TPSA) is 38.3 Å². The Kier molecular flexibility index (Phi) is 4.51. The number of thioether (sulfide) groups is 1. The van der Waals surface area contributed by atoms with Crippen molar-refractivity contribution in [2.75, 3.05) is 23.9 Å². The monoisotopic (exact) mass is 311 g/mol. The lowest BCUT2D eigenvalue weighted by atomic mass is 9.70. The fourth-order valence-electron chi connectivity index (χ4n) is 2.78. The first kappa shape index (κ1) is 16.1. The molecule has 1 aliphatic rings. The number of hydrogen-bond donors (Lipinski definition) is 1. The molecule has 1 aromatic carbocycles. The number of hydrogen-bond acceptors (Lipinski definition) is 4. The molecule has 0 aliphatic carbocycles. The number of methoxy groups -OCH3 is 1. The average molecular weight is 311 g/mol. The molecule has 0 saturated carbocycles. The molecule has 1 fully saturated rings. The molecule has 0 amide bonds. The highest BCUT2D eigenvalue weighted by molar-refractivity contribution is 7.99. The summed E-state index contributed by atoms with van der Waals surface area (Å²) < 4.78 is 18.7. The largest absolute Gasteiger partial charge is 0.467 e. The van der Waals surface area contributed by atoms with Gasteiger partial charge in [0.05, 0.1) is 7.11 Å². The zero-order valence-corrected chi connectivity index (χ0v) is 13.8. The van der Waals surface area contributed by atoms with E-state index in [4.69, 9.17) is 4.74 Å².